The lowest BCUT2D eigenvalue weighted by molar-refractivity contribution is 0.420. The summed E-state index contributed by atoms with van der Waals surface area (Å²) in [6.07, 6.45) is 4.93. The molecule has 0 N–H and O–H groups in total. The van der Waals surface area contributed by atoms with Gasteiger partial charge < -0.3 is 4.52 Å². The second-order valence-corrected chi connectivity index (χ2v) is 2.56. The molecule has 0 aliphatic rings. The summed E-state index contributed by atoms with van der Waals surface area (Å²) in [6, 6.07) is 7.17. The molecule has 0 spiro atoms. The fourth-order valence-electron chi connectivity index (χ4n) is 1.16. The highest BCUT2D eigenvalue weighted by Crippen LogP contribution is 2.21. The molecule has 0 amide bonds. The van der Waals surface area contributed by atoms with Crippen molar-refractivity contribution in [3.8, 4) is 11.1 Å². The average Bonchev–Trinajstić information content (AvgIpc) is 2.70. The number of hydrogen-bond acceptors (Lipinski definition) is 3. The average molecular weight is 172 g/mol. The molecule has 1 heterocycles. The van der Waals surface area contributed by atoms with Crippen molar-refractivity contribution in [2.45, 2.75) is 0 Å². The molecule has 0 atom stereocenters. The zero-order chi connectivity index (χ0) is 9.10. The number of rotatable bonds is 2. The molecule has 0 saturated carbocycles. The van der Waals surface area contributed by atoms with E-state index >= 15 is 0 Å². The molecule has 1 aromatic heterocycles. The van der Waals surface area contributed by atoms with Crippen LogP contribution in [0.5, 0.6) is 0 Å². The summed E-state index contributed by atoms with van der Waals surface area (Å²) in [5.41, 5.74) is 2.10. The number of carbonyl (C=O) groups excluding carboxylic acids is 1. The van der Waals surface area contributed by atoms with Crippen LogP contribution in [0.2, 0.25) is 0 Å². The van der Waals surface area contributed by atoms with Crippen LogP contribution in [0.15, 0.2) is 41.2 Å². The van der Waals surface area contributed by atoms with Crippen molar-refractivity contribution in [3.05, 3.63) is 42.3 Å². The first-order valence-corrected chi connectivity index (χ1v) is 3.79. The summed E-state index contributed by atoms with van der Waals surface area (Å²) in [4.78, 5) is 10.5. The van der Waals surface area contributed by atoms with Crippen LogP contribution >= 0.6 is 0 Å². The van der Waals surface area contributed by atoms with Gasteiger partial charge in [-0.05, 0) is 5.56 Å². The summed E-state index contributed by atoms with van der Waals surface area (Å²) in [7, 11) is 0. The second kappa shape index (κ2) is 3.23. The number of nitrogens with zero attached hydrogens (tertiary/aromatic N) is 1. The Hall–Kier alpha value is -1.90. The van der Waals surface area contributed by atoms with Crippen LogP contribution in [0.4, 0.5) is 0 Å². The highest BCUT2D eigenvalue weighted by molar-refractivity contribution is 5.87. The molecular weight excluding hydrogens is 166 g/mol. The van der Waals surface area contributed by atoms with Crippen molar-refractivity contribution in [3.63, 3.8) is 0 Å². The fraction of sp³-hybridized carbons (Fsp3) is 0. The maximum Gasteiger partial charge on any atom is 0.234 e. The molecule has 0 bridgehead atoms. The minimum Gasteiger partial charge on any atom is -0.364 e. The minimum absolute atomic E-state index is 0.519. The largest absolute Gasteiger partial charge is 0.364 e. The predicted octanol–water partition coefficient (Wildman–Crippen LogP) is 1.80. The minimum atomic E-state index is 0.519. The Kier molecular flexibility index (Phi) is 1.92. The third-order valence-corrected chi connectivity index (χ3v) is 1.78. The number of hydrogen-bond donors (Lipinski definition) is 0. The van der Waals surface area contributed by atoms with E-state index in [1.807, 2.05) is 18.4 Å². The van der Waals surface area contributed by atoms with E-state index in [0.717, 1.165) is 11.1 Å². The summed E-state index contributed by atoms with van der Waals surface area (Å²) >= 11 is 0. The number of aromatic nitrogens is 1. The monoisotopic (exact) mass is 172 g/mol. The molecule has 0 unspecified atom stereocenters. The van der Waals surface area contributed by atoms with Crippen LogP contribution in [0.25, 0.3) is 11.1 Å². The maximum atomic E-state index is 10.5. The van der Waals surface area contributed by atoms with E-state index in [-0.39, 0.29) is 0 Å². The maximum absolute atomic E-state index is 10.5. The highest BCUT2D eigenvalue weighted by Gasteiger charge is 2.05. The molecule has 0 saturated heterocycles. The van der Waals surface area contributed by atoms with Crippen LogP contribution in [0, 0.1) is 0 Å². The Morgan fingerprint density at radius 3 is 2.85 bits per heavy atom. The SMILES string of the molecule is O=[C]c1ccccc1-c1cnoc1. The smallest absolute Gasteiger partial charge is 0.234 e. The van der Waals surface area contributed by atoms with E-state index < -0.39 is 0 Å². The van der Waals surface area contributed by atoms with Crippen LogP contribution < -0.4 is 0 Å². The van der Waals surface area contributed by atoms with Crippen LogP contribution in [0.1, 0.15) is 5.56 Å². The van der Waals surface area contributed by atoms with E-state index in [2.05, 4.69) is 9.68 Å². The standard InChI is InChI=1S/C10H6NO2/c12-6-8-3-1-2-4-10(8)9-5-11-13-7-9/h1-5,7H. The molecule has 2 aromatic rings. The quantitative estimate of drug-likeness (QED) is 0.693. The second-order valence-electron chi connectivity index (χ2n) is 2.56. The Balaban J connectivity index is 2.57. The van der Waals surface area contributed by atoms with Crippen molar-refractivity contribution >= 4 is 6.29 Å². The van der Waals surface area contributed by atoms with E-state index in [1.165, 1.54) is 6.26 Å². The Labute approximate surface area is 75.0 Å². The Bertz CT molecular complexity index is 407. The van der Waals surface area contributed by atoms with Gasteiger partial charge in [0.1, 0.15) is 6.26 Å². The van der Waals surface area contributed by atoms with Gasteiger partial charge >= 0.3 is 0 Å². The molecule has 0 fully saturated rings. The molecule has 0 aliphatic carbocycles. The molecular formula is C10H6NO2. The first-order chi connectivity index (χ1) is 6.42. The van der Waals surface area contributed by atoms with Crippen molar-refractivity contribution in [1.29, 1.82) is 0 Å². The van der Waals surface area contributed by atoms with Gasteiger partial charge in [-0.25, -0.2) is 0 Å². The lowest BCUT2D eigenvalue weighted by atomic mass is 10.0. The van der Waals surface area contributed by atoms with Gasteiger partial charge in [0, 0.05) is 11.1 Å². The van der Waals surface area contributed by atoms with E-state index in [0.29, 0.717) is 5.56 Å². The van der Waals surface area contributed by atoms with Crippen LogP contribution in [0.3, 0.4) is 0 Å². The van der Waals surface area contributed by atoms with Crippen LogP contribution in [-0.4, -0.2) is 11.4 Å². The highest BCUT2D eigenvalue weighted by atomic mass is 16.5. The van der Waals surface area contributed by atoms with Crippen LogP contribution in [-0.2, 0) is 4.79 Å². The fourth-order valence-corrected chi connectivity index (χ4v) is 1.16. The van der Waals surface area contributed by atoms with Crippen molar-refractivity contribution in [2.75, 3.05) is 0 Å². The van der Waals surface area contributed by atoms with Gasteiger partial charge in [-0.3, -0.25) is 4.79 Å². The lowest BCUT2D eigenvalue weighted by Crippen LogP contribution is -1.84. The summed E-state index contributed by atoms with van der Waals surface area (Å²) in [5.74, 6) is 0. The molecule has 3 nitrogen and oxygen atoms in total. The molecule has 1 radical (unpaired) electrons. The Morgan fingerprint density at radius 1 is 1.31 bits per heavy atom. The normalized spacial score (nSPS) is 9.85. The van der Waals surface area contributed by atoms with Gasteiger partial charge in [0.2, 0.25) is 6.29 Å². The van der Waals surface area contributed by atoms with Gasteiger partial charge in [0.05, 0.1) is 6.20 Å². The zero-order valence-corrected chi connectivity index (χ0v) is 6.73. The molecule has 63 valence electrons. The molecule has 0 aliphatic heterocycles. The van der Waals surface area contributed by atoms with Gasteiger partial charge in [0.15, 0.2) is 0 Å². The van der Waals surface area contributed by atoms with Gasteiger partial charge in [-0.2, -0.15) is 0 Å². The van der Waals surface area contributed by atoms with Crippen molar-refractivity contribution in [1.82, 2.24) is 5.16 Å². The van der Waals surface area contributed by atoms with Crippen molar-refractivity contribution in [2.24, 2.45) is 0 Å². The van der Waals surface area contributed by atoms with Gasteiger partial charge in [0.25, 0.3) is 0 Å². The van der Waals surface area contributed by atoms with E-state index in [9.17, 15) is 4.79 Å². The molecule has 13 heavy (non-hydrogen) atoms. The van der Waals surface area contributed by atoms with Crippen molar-refractivity contribution < 1.29 is 9.32 Å². The van der Waals surface area contributed by atoms with E-state index in [4.69, 9.17) is 0 Å². The lowest BCUT2D eigenvalue weighted by Gasteiger charge is -1.97. The molecule has 2 rings (SSSR count). The number of benzene rings is 1. The zero-order valence-electron chi connectivity index (χ0n) is 6.73. The Morgan fingerprint density at radius 2 is 2.15 bits per heavy atom. The first kappa shape index (κ1) is 7.73. The predicted molar refractivity (Wildman–Crippen MR) is 46.7 cm³/mol. The van der Waals surface area contributed by atoms with Gasteiger partial charge in [-0.15, -0.1) is 0 Å². The summed E-state index contributed by atoms with van der Waals surface area (Å²) < 4.78 is 4.69. The summed E-state index contributed by atoms with van der Waals surface area (Å²) in [6.45, 7) is 0. The topological polar surface area (TPSA) is 43.1 Å². The first-order valence-electron chi connectivity index (χ1n) is 3.79. The molecule has 3 heteroatoms. The van der Waals surface area contributed by atoms with Gasteiger partial charge in [-0.1, -0.05) is 29.4 Å². The summed E-state index contributed by atoms with van der Waals surface area (Å²) in [5, 5.41) is 3.57. The molecule has 1 aromatic carbocycles. The third-order valence-electron chi connectivity index (χ3n) is 1.78. The van der Waals surface area contributed by atoms with E-state index in [1.54, 1.807) is 18.3 Å². The third kappa shape index (κ3) is 1.36.